The Kier molecular flexibility index (Phi) is 9.49. The van der Waals surface area contributed by atoms with Crippen LogP contribution in [0.25, 0.3) is 5.76 Å². The number of aliphatic hydroxyl groups is 1. The normalized spacial score (nSPS) is 17.4. The number of likely N-dealkylation sites (N-methyl/N-ethyl adjacent to an activating group) is 1. The largest absolute Gasteiger partial charge is 0.507 e. The van der Waals surface area contributed by atoms with Crippen molar-refractivity contribution in [2.75, 3.05) is 32.8 Å². The van der Waals surface area contributed by atoms with E-state index in [-0.39, 0.29) is 11.3 Å². The predicted octanol–water partition coefficient (Wildman–Crippen LogP) is 5.33. The number of Topliss-reactive ketones (excluding diaryl/α,β-unsaturated/α-hetero) is 1. The summed E-state index contributed by atoms with van der Waals surface area (Å²) in [5, 5.41) is 11.2. The minimum atomic E-state index is -0.675. The molecule has 6 nitrogen and oxygen atoms in total. The van der Waals surface area contributed by atoms with Gasteiger partial charge in [0.05, 0.1) is 18.2 Å². The number of ketones is 1. The van der Waals surface area contributed by atoms with Crippen molar-refractivity contribution in [2.45, 2.75) is 53.0 Å². The van der Waals surface area contributed by atoms with Gasteiger partial charge >= 0.3 is 0 Å². The molecule has 1 aliphatic rings. The lowest BCUT2D eigenvalue weighted by molar-refractivity contribution is -0.140. The Morgan fingerprint density at radius 1 is 1.03 bits per heavy atom. The highest BCUT2D eigenvalue weighted by atomic mass is 16.5. The average Bonchev–Trinajstić information content (AvgIpc) is 3.12. The van der Waals surface area contributed by atoms with Gasteiger partial charge in [-0.1, -0.05) is 75.6 Å². The molecule has 0 saturated carbocycles. The minimum Gasteiger partial charge on any atom is -0.507 e. The lowest BCUT2D eigenvalue weighted by atomic mass is 9.95. The van der Waals surface area contributed by atoms with Crippen LogP contribution in [0.4, 0.5) is 0 Å². The third kappa shape index (κ3) is 6.31. The Labute approximate surface area is 209 Å². The van der Waals surface area contributed by atoms with Crippen molar-refractivity contribution in [1.82, 2.24) is 9.80 Å². The lowest BCUT2D eigenvalue weighted by Gasteiger charge is -2.28. The molecule has 0 radical (unpaired) electrons. The van der Waals surface area contributed by atoms with Crippen LogP contribution in [0.2, 0.25) is 0 Å². The van der Waals surface area contributed by atoms with Crippen LogP contribution in [0.5, 0.6) is 5.75 Å². The van der Waals surface area contributed by atoms with Crippen LogP contribution < -0.4 is 4.74 Å². The molecule has 1 N–H and O–H groups in total. The van der Waals surface area contributed by atoms with E-state index in [1.54, 1.807) is 17.0 Å². The summed E-state index contributed by atoms with van der Waals surface area (Å²) in [5.41, 5.74) is 2.45. The van der Waals surface area contributed by atoms with Gasteiger partial charge in [0.25, 0.3) is 11.7 Å². The van der Waals surface area contributed by atoms with Gasteiger partial charge in [-0.15, -0.1) is 0 Å². The standard InChI is InChI=1S/C29H38N2O4/c1-5-8-9-19-35-24-12-10-11-23(20-24)26-25(27(32)22-15-13-21(4)14-16-22)28(33)29(34)31(26)18-17-30(6-2)7-3/h10-16,20,26,32H,5-9,17-19H2,1-4H3/b27-25+. The number of hydrogen-bond acceptors (Lipinski definition) is 5. The zero-order valence-electron chi connectivity index (χ0n) is 21.4. The van der Waals surface area contributed by atoms with Gasteiger partial charge in [-0.25, -0.2) is 0 Å². The van der Waals surface area contributed by atoms with Crippen LogP contribution >= 0.6 is 0 Å². The fourth-order valence-electron chi connectivity index (χ4n) is 4.43. The van der Waals surface area contributed by atoms with Gasteiger partial charge in [0.1, 0.15) is 11.5 Å². The quantitative estimate of drug-likeness (QED) is 0.193. The number of carbonyl (C=O) groups is 2. The maximum Gasteiger partial charge on any atom is 0.295 e. The maximum absolute atomic E-state index is 13.2. The van der Waals surface area contributed by atoms with Crippen molar-refractivity contribution in [1.29, 1.82) is 0 Å². The number of benzene rings is 2. The van der Waals surface area contributed by atoms with Crippen LogP contribution in [0.1, 0.15) is 62.8 Å². The number of hydrogen-bond donors (Lipinski definition) is 1. The highest BCUT2D eigenvalue weighted by molar-refractivity contribution is 6.46. The Balaban J connectivity index is 2.02. The molecule has 1 heterocycles. The molecule has 1 amide bonds. The number of aliphatic hydroxyl groups excluding tert-OH is 1. The van der Waals surface area contributed by atoms with E-state index < -0.39 is 17.7 Å². The Morgan fingerprint density at radius 3 is 2.40 bits per heavy atom. The Morgan fingerprint density at radius 2 is 1.74 bits per heavy atom. The van der Waals surface area contributed by atoms with E-state index in [2.05, 4.69) is 25.7 Å². The van der Waals surface area contributed by atoms with E-state index in [1.165, 1.54) is 0 Å². The molecule has 0 aliphatic carbocycles. The van der Waals surface area contributed by atoms with Gasteiger partial charge in [-0.05, 0) is 44.1 Å². The van der Waals surface area contributed by atoms with E-state index in [9.17, 15) is 14.7 Å². The molecular formula is C29H38N2O4. The van der Waals surface area contributed by atoms with E-state index in [4.69, 9.17) is 4.74 Å². The summed E-state index contributed by atoms with van der Waals surface area (Å²) in [7, 11) is 0. The van der Waals surface area contributed by atoms with Crippen LogP contribution in [-0.4, -0.2) is 59.4 Å². The molecule has 0 spiro atoms. The summed E-state index contributed by atoms with van der Waals surface area (Å²) < 4.78 is 5.95. The smallest absolute Gasteiger partial charge is 0.295 e. The van der Waals surface area contributed by atoms with Crippen molar-refractivity contribution in [2.24, 2.45) is 0 Å². The Hall–Kier alpha value is -3.12. The number of nitrogens with zero attached hydrogens (tertiary/aromatic N) is 2. The lowest BCUT2D eigenvalue weighted by Crippen LogP contribution is -2.38. The van der Waals surface area contributed by atoms with Crippen molar-refractivity contribution in [3.63, 3.8) is 0 Å². The van der Waals surface area contributed by atoms with Crippen molar-refractivity contribution in [3.8, 4) is 5.75 Å². The molecule has 3 rings (SSSR count). The third-order valence-corrected chi connectivity index (χ3v) is 6.61. The fraction of sp³-hybridized carbons (Fsp3) is 0.448. The molecule has 1 atom stereocenters. The maximum atomic E-state index is 13.2. The van der Waals surface area contributed by atoms with Crippen molar-refractivity contribution < 1.29 is 19.4 Å². The Bertz CT molecular complexity index is 1040. The van der Waals surface area contributed by atoms with Crippen molar-refractivity contribution in [3.05, 3.63) is 70.8 Å². The van der Waals surface area contributed by atoms with Crippen LogP contribution in [0.15, 0.2) is 54.1 Å². The first-order valence-electron chi connectivity index (χ1n) is 12.7. The molecule has 1 saturated heterocycles. The minimum absolute atomic E-state index is 0.126. The van der Waals surface area contributed by atoms with Gasteiger partial charge in [0.2, 0.25) is 0 Å². The highest BCUT2D eigenvalue weighted by Crippen LogP contribution is 2.40. The molecule has 0 aromatic heterocycles. The molecule has 1 unspecified atom stereocenters. The summed E-state index contributed by atoms with van der Waals surface area (Å²) >= 11 is 0. The number of amides is 1. The zero-order valence-corrected chi connectivity index (χ0v) is 21.4. The molecule has 0 bridgehead atoms. The molecule has 1 fully saturated rings. The topological polar surface area (TPSA) is 70.1 Å². The average molecular weight is 479 g/mol. The van der Waals surface area contributed by atoms with Gasteiger partial charge in [-0.2, -0.15) is 0 Å². The van der Waals surface area contributed by atoms with Gasteiger partial charge < -0.3 is 19.6 Å². The first-order valence-corrected chi connectivity index (χ1v) is 12.7. The number of ether oxygens (including phenoxy) is 1. The van der Waals surface area contributed by atoms with Gasteiger partial charge in [0, 0.05) is 18.7 Å². The van der Waals surface area contributed by atoms with E-state index in [0.717, 1.165) is 43.5 Å². The molecule has 1 aliphatic heterocycles. The second-order valence-corrected chi connectivity index (χ2v) is 9.01. The van der Waals surface area contributed by atoms with E-state index >= 15 is 0 Å². The molecule has 35 heavy (non-hydrogen) atoms. The SMILES string of the molecule is CCCCCOc1cccc(C2/C(=C(\O)c3ccc(C)cc3)C(=O)C(=O)N2CCN(CC)CC)c1. The van der Waals surface area contributed by atoms with Gasteiger partial charge in [0.15, 0.2) is 0 Å². The monoisotopic (exact) mass is 478 g/mol. The number of likely N-dealkylation sites (tertiary alicyclic amines) is 1. The number of aryl methyl sites for hydroxylation is 1. The number of carbonyl (C=O) groups excluding carboxylic acids is 2. The van der Waals surface area contributed by atoms with E-state index in [1.807, 2.05) is 43.3 Å². The van der Waals surface area contributed by atoms with Crippen molar-refractivity contribution >= 4 is 17.4 Å². The van der Waals surface area contributed by atoms with Crippen LogP contribution in [0, 0.1) is 6.92 Å². The molecule has 2 aromatic carbocycles. The summed E-state index contributed by atoms with van der Waals surface area (Å²) in [6.45, 7) is 11.6. The predicted molar refractivity (Wildman–Crippen MR) is 139 cm³/mol. The molecular weight excluding hydrogens is 440 g/mol. The molecule has 188 valence electrons. The van der Waals surface area contributed by atoms with Gasteiger partial charge in [-0.3, -0.25) is 9.59 Å². The summed E-state index contributed by atoms with van der Waals surface area (Å²) in [5.74, 6) is -0.678. The van der Waals surface area contributed by atoms with Crippen LogP contribution in [-0.2, 0) is 9.59 Å². The number of unbranched alkanes of at least 4 members (excludes halogenated alkanes) is 2. The summed E-state index contributed by atoms with van der Waals surface area (Å²) in [6, 6.07) is 14.2. The first-order chi connectivity index (χ1) is 16.9. The summed E-state index contributed by atoms with van der Waals surface area (Å²) in [4.78, 5) is 30.2. The fourth-order valence-corrected chi connectivity index (χ4v) is 4.43. The van der Waals surface area contributed by atoms with Crippen LogP contribution in [0.3, 0.4) is 0 Å². The third-order valence-electron chi connectivity index (χ3n) is 6.61. The highest BCUT2D eigenvalue weighted by Gasteiger charge is 2.46. The van der Waals surface area contributed by atoms with E-state index in [0.29, 0.717) is 31.0 Å². The number of rotatable bonds is 12. The second kappa shape index (κ2) is 12.5. The summed E-state index contributed by atoms with van der Waals surface area (Å²) in [6.07, 6.45) is 3.18. The first kappa shape index (κ1) is 26.5. The second-order valence-electron chi connectivity index (χ2n) is 9.01. The molecule has 6 heteroatoms. The zero-order chi connectivity index (χ0) is 25.4. The molecule has 2 aromatic rings.